The van der Waals surface area contributed by atoms with Gasteiger partial charge in [-0.2, -0.15) is 5.10 Å². The van der Waals surface area contributed by atoms with Crippen molar-refractivity contribution in [3.8, 4) is 11.4 Å². The first kappa shape index (κ1) is 16.8. The van der Waals surface area contributed by atoms with Gasteiger partial charge in [-0.1, -0.05) is 0 Å². The Morgan fingerprint density at radius 1 is 1.18 bits per heavy atom. The number of nitrogens with zero attached hydrogens (tertiary/aromatic N) is 7. The second-order valence-electron chi connectivity index (χ2n) is 6.71. The minimum Gasteiger partial charge on any atom is -0.353 e. The molecule has 28 heavy (non-hydrogen) atoms. The van der Waals surface area contributed by atoms with Gasteiger partial charge in [-0.3, -0.25) is 0 Å². The third-order valence-corrected chi connectivity index (χ3v) is 5.08. The largest absolute Gasteiger partial charge is 0.353 e. The van der Waals surface area contributed by atoms with Gasteiger partial charge in [0.2, 0.25) is 0 Å². The van der Waals surface area contributed by atoms with E-state index in [9.17, 15) is 13.6 Å². The molecule has 144 valence electrons. The zero-order valence-corrected chi connectivity index (χ0v) is 14.7. The molecule has 9 nitrogen and oxygen atoms in total. The number of aromatic nitrogens is 5. The zero-order valence-electron chi connectivity index (χ0n) is 14.7. The van der Waals surface area contributed by atoms with Crippen molar-refractivity contribution >= 4 is 17.5 Å². The van der Waals surface area contributed by atoms with E-state index < -0.39 is 6.43 Å². The molecule has 11 heteroatoms. The lowest BCUT2D eigenvalue weighted by molar-refractivity contribution is 0.144. The molecule has 3 aromatic rings. The number of hydrogen-bond donors (Lipinski definition) is 1. The lowest BCUT2D eigenvalue weighted by Crippen LogP contribution is -2.52. The van der Waals surface area contributed by atoms with Gasteiger partial charge in [0.15, 0.2) is 5.65 Å². The van der Waals surface area contributed by atoms with E-state index in [1.807, 2.05) is 4.90 Å². The van der Waals surface area contributed by atoms with E-state index >= 15 is 0 Å². The highest BCUT2D eigenvalue weighted by molar-refractivity contribution is 5.77. The summed E-state index contributed by atoms with van der Waals surface area (Å²) in [7, 11) is 0. The number of carbonyl (C=O) groups is 1. The van der Waals surface area contributed by atoms with Crippen LogP contribution in [0.2, 0.25) is 0 Å². The van der Waals surface area contributed by atoms with E-state index in [0.29, 0.717) is 49.0 Å². The number of amides is 2. The Labute approximate surface area is 158 Å². The van der Waals surface area contributed by atoms with Crippen molar-refractivity contribution in [2.45, 2.75) is 12.5 Å². The molecule has 0 bridgehead atoms. The molecule has 2 aliphatic rings. The van der Waals surface area contributed by atoms with Crippen molar-refractivity contribution in [2.75, 3.05) is 31.1 Å². The summed E-state index contributed by atoms with van der Waals surface area (Å²) >= 11 is 0. The monoisotopic (exact) mass is 386 g/mol. The maximum Gasteiger partial charge on any atom is 0.317 e. The number of hydrogen-bond acceptors (Lipinski definition) is 6. The molecule has 5 rings (SSSR count). The van der Waals surface area contributed by atoms with Crippen LogP contribution in [0.15, 0.2) is 30.7 Å². The number of piperazine rings is 1. The summed E-state index contributed by atoms with van der Waals surface area (Å²) in [5.41, 5.74) is 1.19. The lowest BCUT2D eigenvalue weighted by Gasteiger charge is -2.37. The maximum absolute atomic E-state index is 13.0. The Balaban J connectivity index is 1.47. The molecule has 5 heterocycles. The minimum absolute atomic E-state index is 0.0281. The number of imidazole rings is 1. The van der Waals surface area contributed by atoms with E-state index in [1.165, 1.54) is 23.0 Å². The van der Waals surface area contributed by atoms with Gasteiger partial charge in [-0.15, -0.1) is 0 Å². The van der Waals surface area contributed by atoms with Crippen molar-refractivity contribution in [3.63, 3.8) is 0 Å². The number of halogens is 2. The van der Waals surface area contributed by atoms with Crippen molar-refractivity contribution in [1.82, 2.24) is 34.8 Å². The molecule has 0 aromatic carbocycles. The Morgan fingerprint density at radius 2 is 2.07 bits per heavy atom. The molecule has 1 atom stereocenters. The van der Waals surface area contributed by atoms with Crippen LogP contribution in [0.1, 0.15) is 12.1 Å². The van der Waals surface area contributed by atoms with Crippen molar-refractivity contribution < 1.29 is 13.6 Å². The molecular weight excluding hydrogens is 370 g/mol. The van der Waals surface area contributed by atoms with Gasteiger partial charge in [0.1, 0.15) is 23.5 Å². The third-order valence-electron chi connectivity index (χ3n) is 5.08. The predicted molar refractivity (Wildman–Crippen MR) is 95.1 cm³/mol. The number of alkyl halides is 2. The van der Waals surface area contributed by atoms with Crippen LogP contribution in [0.3, 0.4) is 0 Å². The third kappa shape index (κ3) is 2.70. The molecule has 0 saturated carbocycles. The fourth-order valence-electron chi connectivity index (χ4n) is 3.65. The van der Waals surface area contributed by atoms with Crippen LogP contribution in [0.4, 0.5) is 19.4 Å². The zero-order chi connectivity index (χ0) is 19.3. The summed E-state index contributed by atoms with van der Waals surface area (Å²) in [5, 5.41) is 6.83. The first-order valence-corrected chi connectivity index (χ1v) is 8.85. The fraction of sp³-hybridized carbons (Fsp3) is 0.353. The van der Waals surface area contributed by atoms with Crippen LogP contribution in [0.25, 0.3) is 17.0 Å². The normalized spacial score (nSPS) is 19.4. The molecule has 2 saturated heterocycles. The summed E-state index contributed by atoms with van der Waals surface area (Å²) in [6, 6.07) is 4.63. The number of nitrogens with one attached hydrogen (secondary N) is 1. The predicted octanol–water partition coefficient (Wildman–Crippen LogP) is 1.34. The van der Waals surface area contributed by atoms with Crippen LogP contribution >= 0.6 is 0 Å². The summed E-state index contributed by atoms with van der Waals surface area (Å²) in [6.07, 6.45) is 0.326. The van der Waals surface area contributed by atoms with Crippen molar-refractivity contribution in [2.24, 2.45) is 0 Å². The molecule has 1 unspecified atom stereocenters. The van der Waals surface area contributed by atoms with E-state index in [-0.39, 0.29) is 17.8 Å². The first-order valence-electron chi connectivity index (χ1n) is 8.85. The quantitative estimate of drug-likeness (QED) is 0.730. The Kier molecular flexibility index (Phi) is 3.81. The van der Waals surface area contributed by atoms with Gasteiger partial charge in [0.05, 0.1) is 17.9 Å². The Hall–Kier alpha value is -3.37. The van der Waals surface area contributed by atoms with E-state index in [2.05, 4.69) is 30.3 Å². The fourth-order valence-corrected chi connectivity index (χ4v) is 3.65. The highest BCUT2D eigenvalue weighted by Gasteiger charge is 2.35. The maximum atomic E-state index is 13.0. The lowest BCUT2D eigenvalue weighted by atomic mass is 10.2. The molecule has 2 aliphatic heterocycles. The number of urea groups is 1. The van der Waals surface area contributed by atoms with Crippen LogP contribution in [0, 0.1) is 0 Å². The summed E-state index contributed by atoms with van der Waals surface area (Å²) in [6.45, 7) is 2.54. The Bertz CT molecular complexity index is 1050. The molecule has 2 fully saturated rings. The molecule has 0 radical (unpaired) electrons. The molecular formula is C17H16F2N8O. The second kappa shape index (κ2) is 6.36. The number of rotatable bonds is 3. The summed E-state index contributed by atoms with van der Waals surface area (Å²) in [4.78, 5) is 28.5. The van der Waals surface area contributed by atoms with Gasteiger partial charge >= 0.3 is 6.03 Å². The van der Waals surface area contributed by atoms with E-state index in [4.69, 9.17) is 0 Å². The standard InChI is InChI=1S/C17H16F2N8O/c18-16(19)11-1-2-14-20-7-13(27(14)24-11)12-5-15(23-9-22-12)25-3-4-26-10(8-25)6-21-17(26)28/h1-2,5,7,9-10,16H,3-4,6,8H2,(H,21,28). The van der Waals surface area contributed by atoms with Crippen molar-refractivity contribution in [1.29, 1.82) is 0 Å². The highest BCUT2D eigenvalue weighted by Crippen LogP contribution is 2.25. The van der Waals surface area contributed by atoms with Crippen molar-refractivity contribution in [3.05, 3.63) is 36.4 Å². The first-order chi connectivity index (χ1) is 13.6. The van der Waals surface area contributed by atoms with Gasteiger partial charge < -0.3 is 15.1 Å². The molecule has 1 N–H and O–H groups in total. The van der Waals surface area contributed by atoms with E-state index in [0.717, 1.165) is 0 Å². The second-order valence-corrected chi connectivity index (χ2v) is 6.71. The van der Waals surface area contributed by atoms with Gasteiger partial charge in [-0.05, 0) is 12.1 Å². The van der Waals surface area contributed by atoms with Crippen LogP contribution in [-0.4, -0.2) is 67.7 Å². The Morgan fingerprint density at radius 3 is 2.93 bits per heavy atom. The van der Waals surface area contributed by atoms with Gasteiger partial charge in [0, 0.05) is 32.2 Å². The molecule has 2 amide bonds. The van der Waals surface area contributed by atoms with Crippen LogP contribution in [-0.2, 0) is 0 Å². The molecule has 0 spiro atoms. The summed E-state index contributed by atoms with van der Waals surface area (Å²) in [5.74, 6) is 0.712. The van der Waals surface area contributed by atoms with Gasteiger partial charge in [-0.25, -0.2) is 33.0 Å². The molecule has 3 aromatic heterocycles. The van der Waals surface area contributed by atoms with Gasteiger partial charge in [0.25, 0.3) is 6.43 Å². The van der Waals surface area contributed by atoms with E-state index in [1.54, 1.807) is 12.3 Å². The average molecular weight is 386 g/mol. The summed E-state index contributed by atoms with van der Waals surface area (Å²) < 4.78 is 27.4. The van der Waals surface area contributed by atoms with Crippen LogP contribution in [0.5, 0.6) is 0 Å². The smallest absolute Gasteiger partial charge is 0.317 e. The molecule has 0 aliphatic carbocycles. The number of fused-ring (bicyclic) bond motifs is 2. The topological polar surface area (TPSA) is 91.5 Å². The number of carbonyl (C=O) groups excluding carboxylic acids is 1. The minimum atomic E-state index is -2.67. The highest BCUT2D eigenvalue weighted by atomic mass is 19.3. The average Bonchev–Trinajstić information content (AvgIpc) is 3.31. The SMILES string of the molecule is O=C1NCC2CN(c3cc(-c4cnc5ccc(C(F)F)nn45)ncn3)CCN12. The number of anilines is 1. The van der Waals surface area contributed by atoms with Crippen LogP contribution < -0.4 is 10.2 Å².